The molecule has 0 fully saturated rings. The molecule has 150 valence electrons. The molecule has 4 rings (SSSR count). The zero-order chi connectivity index (χ0) is 20.9. The van der Waals surface area contributed by atoms with Gasteiger partial charge in [0.2, 0.25) is 11.8 Å². The van der Waals surface area contributed by atoms with Gasteiger partial charge < -0.3 is 10.1 Å². The molecule has 0 radical (unpaired) electrons. The van der Waals surface area contributed by atoms with Crippen LogP contribution in [0.15, 0.2) is 78.0 Å². The first-order chi connectivity index (χ1) is 14.6. The van der Waals surface area contributed by atoms with Crippen LogP contribution in [0.5, 0.6) is 11.6 Å². The van der Waals surface area contributed by atoms with Crippen LogP contribution in [0.2, 0.25) is 0 Å². The van der Waals surface area contributed by atoms with Crippen molar-refractivity contribution in [3.8, 4) is 11.6 Å². The molecule has 30 heavy (non-hydrogen) atoms. The van der Waals surface area contributed by atoms with Crippen molar-refractivity contribution in [3.05, 3.63) is 78.7 Å². The topological polar surface area (TPSA) is 83.9 Å². The summed E-state index contributed by atoms with van der Waals surface area (Å²) in [6.45, 7) is 0. The number of benzene rings is 2. The second-order valence-electron chi connectivity index (χ2n) is 6.48. The van der Waals surface area contributed by atoms with Gasteiger partial charge >= 0.3 is 0 Å². The fourth-order valence-electron chi connectivity index (χ4n) is 2.83. The molecule has 1 aromatic heterocycles. The van der Waals surface area contributed by atoms with Gasteiger partial charge in [0.05, 0.1) is 17.6 Å². The third-order valence-electron chi connectivity index (χ3n) is 4.33. The average Bonchev–Trinajstić information content (AvgIpc) is 2.77. The van der Waals surface area contributed by atoms with Gasteiger partial charge in [0.1, 0.15) is 17.3 Å². The molecular weight excluding hydrogens is 387 g/mol. The van der Waals surface area contributed by atoms with Crippen molar-refractivity contribution < 1.29 is 18.7 Å². The van der Waals surface area contributed by atoms with Gasteiger partial charge in [0.15, 0.2) is 0 Å². The van der Waals surface area contributed by atoms with Gasteiger partial charge in [0, 0.05) is 18.9 Å². The molecule has 8 heteroatoms. The van der Waals surface area contributed by atoms with E-state index in [9.17, 15) is 14.0 Å². The maximum atomic E-state index is 13.0. The second kappa shape index (κ2) is 8.52. The summed E-state index contributed by atoms with van der Waals surface area (Å²) in [5.41, 5.74) is 1.32. The van der Waals surface area contributed by atoms with Crippen LogP contribution in [0.4, 0.5) is 15.8 Å². The van der Waals surface area contributed by atoms with Gasteiger partial charge in [-0.2, -0.15) is 5.10 Å². The molecule has 0 spiro atoms. The van der Waals surface area contributed by atoms with Gasteiger partial charge in [0.25, 0.3) is 5.91 Å². The minimum absolute atomic E-state index is 0.165. The van der Waals surface area contributed by atoms with E-state index in [0.29, 0.717) is 23.0 Å². The number of rotatable bonds is 5. The molecule has 0 atom stereocenters. The Kier molecular flexibility index (Phi) is 5.47. The molecule has 1 aliphatic heterocycles. The van der Waals surface area contributed by atoms with Crippen molar-refractivity contribution in [2.45, 2.75) is 12.8 Å². The van der Waals surface area contributed by atoms with Crippen molar-refractivity contribution in [2.75, 3.05) is 10.3 Å². The lowest BCUT2D eigenvalue weighted by Crippen LogP contribution is -2.36. The van der Waals surface area contributed by atoms with Crippen LogP contribution in [0.25, 0.3) is 0 Å². The summed E-state index contributed by atoms with van der Waals surface area (Å²) in [4.78, 5) is 28.9. The lowest BCUT2D eigenvalue weighted by Gasteiger charge is -2.23. The van der Waals surface area contributed by atoms with E-state index in [2.05, 4.69) is 15.4 Å². The minimum Gasteiger partial charge on any atom is -0.439 e. The molecule has 1 aliphatic rings. The van der Waals surface area contributed by atoms with E-state index in [0.717, 1.165) is 0 Å². The quantitative estimate of drug-likeness (QED) is 0.693. The second-order valence-corrected chi connectivity index (χ2v) is 6.48. The minimum atomic E-state index is -0.405. The predicted molar refractivity (Wildman–Crippen MR) is 110 cm³/mol. The first kappa shape index (κ1) is 19.3. The highest BCUT2D eigenvalue weighted by molar-refractivity contribution is 6.44. The number of hydrogen-bond acceptors (Lipinski definition) is 5. The number of nitrogens with zero attached hydrogens (tertiary/aromatic N) is 3. The number of hydrazone groups is 1. The van der Waals surface area contributed by atoms with Crippen molar-refractivity contribution >= 4 is 28.9 Å². The van der Waals surface area contributed by atoms with Crippen LogP contribution in [0.3, 0.4) is 0 Å². The molecule has 0 unspecified atom stereocenters. The summed E-state index contributed by atoms with van der Waals surface area (Å²) in [6.07, 6.45) is 1.90. The Bertz CT molecular complexity index is 1080. The fraction of sp³-hybridized carbons (Fsp3) is 0.0909. The van der Waals surface area contributed by atoms with E-state index in [1.165, 1.54) is 35.5 Å². The van der Waals surface area contributed by atoms with Crippen LogP contribution < -0.4 is 15.1 Å². The highest BCUT2D eigenvalue weighted by atomic mass is 19.1. The molecule has 0 aliphatic carbocycles. The Labute approximate surface area is 171 Å². The Hall–Kier alpha value is -4.07. The Morgan fingerprint density at radius 2 is 1.77 bits per heavy atom. The lowest BCUT2D eigenvalue weighted by atomic mass is 10.1. The number of carbonyl (C=O) groups is 2. The summed E-state index contributed by atoms with van der Waals surface area (Å²) in [7, 11) is 0. The number of aromatic nitrogens is 1. The van der Waals surface area contributed by atoms with E-state index in [4.69, 9.17) is 4.74 Å². The summed E-state index contributed by atoms with van der Waals surface area (Å²) < 4.78 is 18.5. The zero-order valence-electron chi connectivity index (χ0n) is 15.8. The smallest absolute Gasteiger partial charge is 0.271 e. The van der Waals surface area contributed by atoms with E-state index in [-0.39, 0.29) is 30.3 Å². The summed E-state index contributed by atoms with van der Waals surface area (Å²) in [5, 5.41) is 8.19. The number of amides is 2. The number of ether oxygens (including phenoxy) is 1. The van der Waals surface area contributed by atoms with Gasteiger partial charge in [-0.25, -0.2) is 14.4 Å². The van der Waals surface area contributed by atoms with Crippen LogP contribution in [-0.4, -0.2) is 22.5 Å². The first-order valence-corrected chi connectivity index (χ1v) is 9.25. The highest BCUT2D eigenvalue weighted by Crippen LogP contribution is 2.22. The third kappa shape index (κ3) is 4.49. The molecule has 0 saturated heterocycles. The van der Waals surface area contributed by atoms with Crippen LogP contribution in [0.1, 0.15) is 12.8 Å². The molecule has 0 saturated carbocycles. The molecule has 2 aromatic carbocycles. The number of anilines is 2. The first-order valence-electron chi connectivity index (χ1n) is 9.25. The maximum Gasteiger partial charge on any atom is 0.271 e. The Morgan fingerprint density at radius 1 is 1.00 bits per heavy atom. The van der Waals surface area contributed by atoms with Gasteiger partial charge in [-0.15, -0.1) is 0 Å². The van der Waals surface area contributed by atoms with Crippen molar-refractivity contribution in [1.29, 1.82) is 0 Å². The van der Waals surface area contributed by atoms with E-state index >= 15 is 0 Å². The number of para-hydroxylation sites is 1. The van der Waals surface area contributed by atoms with Gasteiger partial charge in [-0.1, -0.05) is 18.2 Å². The van der Waals surface area contributed by atoms with Gasteiger partial charge in [-0.3, -0.25) is 9.59 Å². The maximum absolute atomic E-state index is 13.0. The Balaban J connectivity index is 1.43. The number of nitrogens with one attached hydrogen (secondary N) is 1. The molecule has 2 heterocycles. The van der Waals surface area contributed by atoms with Crippen molar-refractivity contribution in [2.24, 2.45) is 5.10 Å². The summed E-state index contributed by atoms with van der Waals surface area (Å²) >= 11 is 0. The molecule has 2 amide bonds. The van der Waals surface area contributed by atoms with Crippen molar-refractivity contribution in [1.82, 2.24) is 4.98 Å². The fourth-order valence-corrected chi connectivity index (χ4v) is 2.83. The standard InChI is InChI=1S/C22H17FN4O3/c23-15-6-9-18(10-7-15)30-20-12-8-16(14-24-20)25-22(29)19-11-13-21(28)27(26-19)17-4-2-1-3-5-17/h1-10,12,14H,11,13H2,(H,25,29). The average molecular weight is 404 g/mol. The van der Waals surface area contributed by atoms with Crippen LogP contribution in [-0.2, 0) is 9.59 Å². The predicted octanol–water partition coefficient (Wildman–Crippen LogP) is 4.13. The van der Waals surface area contributed by atoms with E-state index in [1.807, 2.05) is 6.07 Å². The third-order valence-corrected chi connectivity index (χ3v) is 4.33. The summed E-state index contributed by atoms with van der Waals surface area (Å²) in [6, 6.07) is 17.7. The number of hydrogen-bond donors (Lipinski definition) is 1. The van der Waals surface area contributed by atoms with Crippen LogP contribution in [0, 0.1) is 5.82 Å². The molecule has 1 N–H and O–H groups in total. The van der Waals surface area contributed by atoms with E-state index < -0.39 is 5.91 Å². The normalized spacial score (nSPS) is 13.6. The zero-order valence-corrected chi connectivity index (χ0v) is 15.8. The number of halogens is 1. The molecule has 3 aromatic rings. The summed E-state index contributed by atoms with van der Waals surface area (Å²) in [5.74, 6) is -0.177. The Morgan fingerprint density at radius 3 is 2.47 bits per heavy atom. The number of pyridine rings is 1. The number of carbonyl (C=O) groups excluding carboxylic acids is 2. The monoisotopic (exact) mass is 404 g/mol. The molecule has 7 nitrogen and oxygen atoms in total. The molecular formula is C22H17FN4O3. The molecule has 0 bridgehead atoms. The van der Waals surface area contributed by atoms with Crippen molar-refractivity contribution in [3.63, 3.8) is 0 Å². The van der Waals surface area contributed by atoms with Gasteiger partial charge in [-0.05, 0) is 42.5 Å². The lowest BCUT2D eigenvalue weighted by molar-refractivity contribution is -0.118. The van der Waals surface area contributed by atoms with E-state index in [1.54, 1.807) is 36.4 Å². The van der Waals surface area contributed by atoms with Crippen LogP contribution >= 0.6 is 0 Å². The SMILES string of the molecule is O=C(Nc1ccc(Oc2ccc(F)cc2)nc1)C1=NN(c2ccccc2)C(=O)CC1. The highest BCUT2D eigenvalue weighted by Gasteiger charge is 2.25. The largest absolute Gasteiger partial charge is 0.439 e.